The van der Waals surface area contributed by atoms with Gasteiger partial charge in [-0.1, -0.05) is 6.92 Å². The molecule has 2 heterocycles. The van der Waals surface area contributed by atoms with Gasteiger partial charge < -0.3 is 9.94 Å². The van der Waals surface area contributed by atoms with Crippen molar-refractivity contribution in [3.8, 4) is 0 Å². The predicted octanol–water partition coefficient (Wildman–Crippen LogP) is 1.90. The van der Waals surface area contributed by atoms with Gasteiger partial charge in [0.25, 0.3) is 0 Å². The van der Waals surface area contributed by atoms with Crippen molar-refractivity contribution in [1.82, 2.24) is 0 Å². The molecule has 0 amide bonds. The van der Waals surface area contributed by atoms with Crippen molar-refractivity contribution < 1.29 is 14.3 Å². The summed E-state index contributed by atoms with van der Waals surface area (Å²) in [5.41, 5.74) is 0.895. The van der Waals surface area contributed by atoms with E-state index in [-0.39, 0.29) is 5.97 Å². The molecule has 1 spiro atoms. The lowest BCUT2D eigenvalue weighted by Gasteiger charge is -2.35. The quantitative estimate of drug-likeness (QED) is 0.390. The van der Waals surface area contributed by atoms with Crippen LogP contribution in [0, 0.1) is 11.1 Å². The first-order valence-corrected chi connectivity index (χ1v) is 6.07. The van der Waals surface area contributed by atoms with Crippen molar-refractivity contribution in [2.75, 3.05) is 0 Å². The van der Waals surface area contributed by atoms with Gasteiger partial charge in [0.2, 0.25) is 0 Å². The SMILES string of the molecule is CC1CCC2(CC1)OC(=O)c1c[n+]([O-])ccc12. The van der Waals surface area contributed by atoms with E-state index in [1.165, 1.54) is 12.4 Å². The lowest BCUT2D eigenvalue weighted by Crippen LogP contribution is -2.32. The van der Waals surface area contributed by atoms with Crippen LogP contribution in [-0.2, 0) is 10.3 Å². The van der Waals surface area contributed by atoms with Gasteiger partial charge in [0.1, 0.15) is 11.2 Å². The summed E-state index contributed by atoms with van der Waals surface area (Å²) >= 11 is 0. The molecule has 1 aliphatic carbocycles. The Morgan fingerprint density at radius 1 is 1.47 bits per heavy atom. The molecule has 1 aromatic rings. The van der Waals surface area contributed by atoms with Crippen molar-refractivity contribution in [2.45, 2.75) is 38.2 Å². The summed E-state index contributed by atoms with van der Waals surface area (Å²) in [7, 11) is 0. The van der Waals surface area contributed by atoms with Crippen LogP contribution in [0.15, 0.2) is 18.5 Å². The van der Waals surface area contributed by atoms with Gasteiger partial charge in [0.05, 0.1) is 0 Å². The van der Waals surface area contributed by atoms with Gasteiger partial charge in [-0.2, -0.15) is 4.73 Å². The average Bonchev–Trinajstić information content (AvgIpc) is 2.57. The fourth-order valence-electron chi connectivity index (χ4n) is 2.92. The molecule has 90 valence electrons. The van der Waals surface area contributed by atoms with Gasteiger partial charge in [-0.15, -0.1) is 0 Å². The predicted molar refractivity (Wildman–Crippen MR) is 60.1 cm³/mol. The van der Waals surface area contributed by atoms with E-state index in [1.54, 1.807) is 6.07 Å². The van der Waals surface area contributed by atoms with E-state index >= 15 is 0 Å². The van der Waals surface area contributed by atoms with Crippen LogP contribution in [0.1, 0.15) is 48.5 Å². The smallest absolute Gasteiger partial charge is 0.345 e. The van der Waals surface area contributed by atoms with Crippen molar-refractivity contribution in [3.05, 3.63) is 34.8 Å². The molecule has 0 aromatic carbocycles. The summed E-state index contributed by atoms with van der Waals surface area (Å²) in [5, 5.41) is 11.2. The fraction of sp³-hybridized carbons (Fsp3) is 0.538. The summed E-state index contributed by atoms with van der Waals surface area (Å²) in [6.45, 7) is 2.22. The molecule has 0 radical (unpaired) electrons. The second kappa shape index (κ2) is 3.45. The molecule has 0 atom stereocenters. The van der Waals surface area contributed by atoms with Gasteiger partial charge in [0.15, 0.2) is 12.4 Å². The number of fused-ring (bicyclic) bond motifs is 2. The zero-order valence-corrected chi connectivity index (χ0v) is 9.81. The van der Waals surface area contributed by atoms with Crippen LogP contribution in [0.5, 0.6) is 0 Å². The molecule has 0 N–H and O–H groups in total. The minimum Gasteiger partial charge on any atom is -0.619 e. The monoisotopic (exact) mass is 233 g/mol. The molecule has 1 aliphatic heterocycles. The molecule has 1 aromatic heterocycles. The fourth-order valence-corrected chi connectivity index (χ4v) is 2.92. The Labute approximate surface area is 99.8 Å². The first kappa shape index (κ1) is 10.6. The maximum atomic E-state index is 11.8. The summed E-state index contributed by atoms with van der Waals surface area (Å²) in [5.74, 6) is 0.344. The largest absolute Gasteiger partial charge is 0.619 e. The Kier molecular flexibility index (Phi) is 2.15. The molecule has 0 unspecified atom stereocenters. The molecule has 17 heavy (non-hydrogen) atoms. The molecule has 4 nitrogen and oxygen atoms in total. The topological polar surface area (TPSA) is 53.2 Å². The highest BCUT2D eigenvalue weighted by Gasteiger charge is 2.48. The first-order chi connectivity index (χ1) is 8.11. The molecule has 2 aliphatic rings. The number of pyridine rings is 1. The van der Waals surface area contributed by atoms with Crippen LogP contribution in [0.4, 0.5) is 0 Å². The van der Waals surface area contributed by atoms with Crippen molar-refractivity contribution in [2.24, 2.45) is 5.92 Å². The number of ether oxygens (including phenoxy) is 1. The number of esters is 1. The van der Waals surface area contributed by atoms with Gasteiger partial charge in [-0.25, -0.2) is 4.79 Å². The lowest BCUT2D eigenvalue weighted by atomic mass is 9.76. The van der Waals surface area contributed by atoms with E-state index in [0.717, 1.165) is 31.2 Å². The number of nitrogens with zero attached hydrogens (tertiary/aromatic N) is 1. The third-order valence-electron chi connectivity index (χ3n) is 4.02. The third-order valence-corrected chi connectivity index (χ3v) is 4.02. The van der Waals surface area contributed by atoms with E-state index in [4.69, 9.17) is 4.74 Å². The zero-order valence-electron chi connectivity index (χ0n) is 9.81. The number of carbonyl (C=O) groups is 1. The Balaban J connectivity index is 2.04. The Morgan fingerprint density at radius 3 is 2.88 bits per heavy atom. The summed E-state index contributed by atoms with van der Waals surface area (Å²) in [6.07, 6.45) is 6.65. The van der Waals surface area contributed by atoms with E-state index in [2.05, 4.69) is 6.92 Å². The average molecular weight is 233 g/mol. The van der Waals surface area contributed by atoms with Crippen LogP contribution in [0.3, 0.4) is 0 Å². The molecule has 3 rings (SSSR count). The van der Waals surface area contributed by atoms with E-state index in [9.17, 15) is 10.0 Å². The van der Waals surface area contributed by atoms with Crippen LogP contribution in [0.2, 0.25) is 0 Å². The van der Waals surface area contributed by atoms with Crippen molar-refractivity contribution >= 4 is 5.97 Å². The molecule has 4 heteroatoms. The maximum Gasteiger partial charge on any atom is 0.345 e. The second-order valence-corrected chi connectivity index (χ2v) is 5.20. The highest BCUT2D eigenvalue weighted by Crippen LogP contribution is 2.47. The minimum absolute atomic E-state index is 0.347. The third kappa shape index (κ3) is 1.51. The first-order valence-electron chi connectivity index (χ1n) is 6.07. The number of hydrogen-bond acceptors (Lipinski definition) is 3. The molecule has 1 saturated carbocycles. The van der Waals surface area contributed by atoms with Crippen molar-refractivity contribution in [3.63, 3.8) is 0 Å². The van der Waals surface area contributed by atoms with Gasteiger partial charge in [-0.05, 0) is 31.6 Å². The Hall–Kier alpha value is -1.58. The van der Waals surface area contributed by atoms with E-state index in [1.807, 2.05) is 0 Å². The highest BCUT2D eigenvalue weighted by atomic mass is 16.6. The molecule has 0 saturated heterocycles. The van der Waals surface area contributed by atoms with Gasteiger partial charge >= 0.3 is 5.97 Å². The number of hydrogen-bond donors (Lipinski definition) is 0. The van der Waals surface area contributed by atoms with Crippen LogP contribution in [0.25, 0.3) is 0 Å². The highest BCUT2D eigenvalue weighted by molar-refractivity contribution is 5.94. The Morgan fingerprint density at radius 2 is 2.18 bits per heavy atom. The number of aromatic nitrogens is 1. The Bertz CT molecular complexity index is 476. The zero-order chi connectivity index (χ0) is 12.0. The van der Waals surface area contributed by atoms with Crippen LogP contribution in [-0.4, -0.2) is 5.97 Å². The normalized spacial score (nSPS) is 31.4. The molecule has 0 bridgehead atoms. The number of carbonyl (C=O) groups excluding carboxylic acids is 1. The van der Waals surface area contributed by atoms with Crippen LogP contribution < -0.4 is 4.73 Å². The summed E-state index contributed by atoms with van der Waals surface area (Å²) in [4.78, 5) is 11.8. The minimum atomic E-state index is -0.451. The lowest BCUT2D eigenvalue weighted by molar-refractivity contribution is -0.605. The maximum absolute atomic E-state index is 11.8. The molecular weight excluding hydrogens is 218 g/mol. The van der Waals surface area contributed by atoms with Crippen LogP contribution >= 0.6 is 0 Å². The summed E-state index contributed by atoms with van der Waals surface area (Å²) < 4.78 is 6.23. The molecule has 1 fully saturated rings. The van der Waals surface area contributed by atoms with Crippen molar-refractivity contribution in [1.29, 1.82) is 0 Å². The van der Waals surface area contributed by atoms with E-state index < -0.39 is 5.60 Å². The van der Waals surface area contributed by atoms with Gasteiger partial charge in [0, 0.05) is 11.6 Å². The van der Waals surface area contributed by atoms with E-state index in [0.29, 0.717) is 16.2 Å². The number of rotatable bonds is 0. The standard InChI is InChI=1S/C13H15NO3/c1-9-2-5-13(6-3-9)11-4-7-14(16)8-10(11)12(15)17-13/h4,7-9H,2-3,5-6H2,1H3. The second-order valence-electron chi connectivity index (χ2n) is 5.20. The molecular formula is C13H15NO3. The summed E-state index contributed by atoms with van der Waals surface area (Å²) in [6, 6.07) is 1.74. The van der Waals surface area contributed by atoms with Gasteiger partial charge in [-0.3, -0.25) is 0 Å².